The quantitative estimate of drug-likeness (QED) is 0.278. The van der Waals surface area contributed by atoms with Gasteiger partial charge in [-0.2, -0.15) is 0 Å². The number of hydrogen-bond acceptors (Lipinski definition) is 8. The van der Waals surface area contributed by atoms with E-state index in [0.717, 1.165) is 32.5 Å². The Kier molecular flexibility index (Phi) is 8.23. The second-order valence-electron chi connectivity index (χ2n) is 11.2. The molecule has 3 fully saturated rings. The molecule has 10 nitrogen and oxygen atoms in total. The van der Waals surface area contributed by atoms with Crippen LogP contribution in [0.1, 0.15) is 39.0 Å². The zero-order chi connectivity index (χ0) is 26.8. The highest BCUT2D eigenvalue weighted by Crippen LogP contribution is 2.57. The van der Waals surface area contributed by atoms with Crippen molar-refractivity contribution >= 4 is 17.8 Å². The van der Waals surface area contributed by atoms with Gasteiger partial charge in [0.2, 0.25) is 11.8 Å². The Morgan fingerprint density at radius 1 is 0.947 bits per heavy atom. The van der Waals surface area contributed by atoms with E-state index in [4.69, 9.17) is 14.2 Å². The summed E-state index contributed by atoms with van der Waals surface area (Å²) in [5.74, 6) is -2.50. The maximum Gasteiger partial charge on any atom is 0.313 e. The van der Waals surface area contributed by atoms with Gasteiger partial charge in [0.25, 0.3) is 0 Å². The number of morpholine rings is 1. The molecule has 1 spiro atoms. The summed E-state index contributed by atoms with van der Waals surface area (Å²) in [5.41, 5.74) is -2.31. The number of fused-ring (bicyclic) bond motifs is 2. The molecule has 0 aliphatic carbocycles. The second kappa shape index (κ2) is 11.5. The molecular weight excluding hydrogens is 490 g/mol. The van der Waals surface area contributed by atoms with Crippen LogP contribution in [0.15, 0.2) is 24.3 Å². The lowest BCUT2D eigenvalue weighted by Crippen LogP contribution is -2.56. The molecule has 3 saturated heterocycles. The lowest BCUT2D eigenvalue weighted by Gasteiger charge is -2.38. The summed E-state index contributed by atoms with van der Waals surface area (Å²) in [6.45, 7) is 7.32. The molecule has 5 aliphatic rings. The maximum absolute atomic E-state index is 14.3. The summed E-state index contributed by atoms with van der Waals surface area (Å²) in [5, 5.41) is 9.23. The molecule has 5 heterocycles. The van der Waals surface area contributed by atoms with Crippen LogP contribution in [0.25, 0.3) is 0 Å². The van der Waals surface area contributed by atoms with Gasteiger partial charge in [0.05, 0.1) is 31.3 Å². The van der Waals surface area contributed by atoms with Gasteiger partial charge < -0.3 is 29.1 Å². The van der Waals surface area contributed by atoms with E-state index in [1.807, 2.05) is 36.1 Å². The number of aliphatic hydroxyl groups is 1. The number of esters is 1. The van der Waals surface area contributed by atoms with E-state index in [2.05, 4.69) is 4.90 Å². The number of cyclic esters (lactones) is 1. The van der Waals surface area contributed by atoms with Crippen molar-refractivity contribution in [3.63, 3.8) is 0 Å². The van der Waals surface area contributed by atoms with Gasteiger partial charge in [-0.3, -0.25) is 19.3 Å². The van der Waals surface area contributed by atoms with Crippen LogP contribution in [-0.4, -0.2) is 121 Å². The first kappa shape index (κ1) is 27.3. The zero-order valence-corrected chi connectivity index (χ0v) is 22.4. The molecule has 5 atom stereocenters. The number of hydrogen-bond donors (Lipinski definition) is 1. The van der Waals surface area contributed by atoms with Crippen molar-refractivity contribution in [2.45, 2.75) is 56.3 Å². The molecule has 5 aliphatic heterocycles. The predicted octanol–water partition coefficient (Wildman–Crippen LogP) is 0.744. The minimum absolute atomic E-state index is 0.0860. The van der Waals surface area contributed by atoms with Crippen molar-refractivity contribution < 1.29 is 33.7 Å². The second-order valence-corrected chi connectivity index (χ2v) is 11.2. The molecular formula is C28H41N3O7. The van der Waals surface area contributed by atoms with E-state index in [1.54, 1.807) is 4.90 Å². The molecule has 210 valence electrons. The first-order valence-electron chi connectivity index (χ1n) is 14.1. The normalized spacial score (nSPS) is 36.6. The van der Waals surface area contributed by atoms with Crippen LogP contribution in [0.4, 0.5) is 0 Å². The molecule has 2 amide bonds. The minimum Gasteiger partial charge on any atom is -0.465 e. The van der Waals surface area contributed by atoms with Crippen molar-refractivity contribution in [1.29, 1.82) is 0 Å². The number of ether oxygens (including phenoxy) is 3. The van der Waals surface area contributed by atoms with Crippen LogP contribution in [0, 0.1) is 11.8 Å². The van der Waals surface area contributed by atoms with E-state index in [9.17, 15) is 19.5 Å². The summed E-state index contributed by atoms with van der Waals surface area (Å²) in [7, 11) is 0. The van der Waals surface area contributed by atoms with Crippen molar-refractivity contribution in [3.8, 4) is 0 Å². The molecule has 0 radical (unpaired) electrons. The van der Waals surface area contributed by atoms with Crippen LogP contribution in [0.5, 0.6) is 0 Å². The van der Waals surface area contributed by atoms with Crippen LogP contribution in [-0.2, 0) is 28.6 Å². The van der Waals surface area contributed by atoms with E-state index in [0.29, 0.717) is 58.7 Å². The Morgan fingerprint density at radius 2 is 1.76 bits per heavy atom. The molecule has 1 N–H and O–H groups in total. The molecule has 0 aromatic rings. The van der Waals surface area contributed by atoms with Gasteiger partial charge in [0.1, 0.15) is 17.6 Å². The molecule has 0 aromatic carbocycles. The third kappa shape index (κ3) is 4.92. The van der Waals surface area contributed by atoms with Crippen LogP contribution in [0.2, 0.25) is 0 Å². The van der Waals surface area contributed by atoms with Gasteiger partial charge in [-0.05, 0) is 39.0 Å². The lowest BCUT2D eigenvalue weighted by molar-refractivity contribution is -0.159. The molecule has 1 unspecified atom stereocenters. The summed E-state index contributed by atoms with van der Waals surface area (Å²) < 4.78 is 17.9. The summed E-state index contributed by atoms with van der Waals surface area (Å²) >= 11 is 0. The number of allylic oxidation sites excluding steroid dienone is 1. The standard InChI is InChI=1S/C28H41N3O7/c1-27-9-4-2-7-18-37-26(35)22(27)21-24(33)31(12-5-3-6-17-32)23-25(34)30(11-8-10-28(21,23)38-27)14-13-29-15-19-36-20-16-29/h4,8-10,21-23,32H,2-3,5-7,11-20H2,1H3/b9-4-/t21-,22-,23?,27+,28-/m0/s1. The number of amides is 2. The van der Waals surface area contributed by atoms with Gasteiger partial charge in [0.15, 0.2) is 0 Å². The first-order valence-corrected chi connectivity index (χ1v) is 14.1. The first-order chi connectivity index (χ1) is 18.4. The fraction of sp³-hybridized carbons (Fsp3) is 0.750. The predicted molar refractivity (Wildman–Crippen MR) is 138 cm³/mol. The Bertz CT molecular complexity index is 964. The zero-order valence-electron chi connectivity index (χ0n) is 22.4. The molecule has 38 heavy (non-hydrogen) atoms. The van der Waals surface area contributed by atoms with E-state index in [1.165, 1.54) is 0 Å². The fourth-order valence-corrected chi connectivity index (χ4v) is 6.78. The van der Waals surface area contributed by atoms with Gasteiger partial charge in [-0.1, -0.05) is 24.3 Å². The largest absolute Gasteiger partial charge is 0.465 e. The number of unbranched alkanes of at least 4 members (excludes halogenated alkanes) is 2. The Labute approximate surface area is 224 Å². The highest BCUT2D eigenvalue weighted by atomic mass is 16.6. The average Bonchev–Trinajstić information content (AvgIpc) is 3.26. The summed E-state index contributed by atoms with van der Waals surface area (Å²) in [6.07, 6.45) is 11.2. The molecule has 10 heteroatoms. The number of likely N-dealkylation sites (tertiary alicyclic amines) is 1. The van der Waals surface area contributed by atoms with E-state index < -0.39 is 35.0 Å². The van der Waals surface area contributed by atoms with Crippen molar-refractivity contribution in [2.24, 2.45) is 11.8 Å². The summed E-state index contributed by atoms with van der Waals surface area (Å²) in [4.78, 5) is 47.6. The van der Waals surface area contributed by atoms with Crippen molar-refractivity contribution in [1.82, 2.24) is 14.7 Å². The molecule has 0 bridgehead atoms. The van der Waals surface area contributed by atoms with Crippen LogP contribution in [0.3, 0.4) is 0 Å². The monoisotopic (exact) mass is 531 g/mol. The van der Waals surface area contributed by atoms with Gasteiger partial charge in [-0.25, -0.2) is 0 Å². The highest BCUT2D eigenvalue weighted by Gasteiger charge is 2.74. The van der Waals surface area contributed by atoms with Crippen LogP contribution >= 0.6 is 0 Å². The number of carbonyl (C=O) groups is 3. The summed E-state index contributed by atoms with van der Waals surface area (Å²) in [6, 6.07) is -0.856. The number of rotatable bonds is 8. The average molecular weight is 532 g/mol. The SMILES string of the molecule is C[C@@]12/C=C\CCCOC(=O)[C@@H]1[C@H]1C(=O)N(CCCCCO)C3C(=O)N(CCN4CCOCC4)CC=C[C@@]31O2. The maximum atomic E-state index is 14.3. The minimum atomic E-state index is -1.25. The van der Waals surface area contributed by atoms with Gasteiger partial charge in [0, 0.05) is 45.9 Å². The van der Waals surface area contributed by atoms with Gasteiger partial charge in [-0.15, -0.1) is 0 Å². The van der Waals surface area contributed by atoms with Crippen LogP contribution < -0.4 is 0 Å². The van der Waals surface area contributed by atoms with E-state index >= 15 is 0 Å². The number of aliphatic hydroxyl groups excluding tert-OH is 1. The number of nitrogens with zero attached hydrogens (tertiary/aromatic N) is 3. The van der Waals surface area contributed by atoms with Crippen molar-refractivity contribution in [3.05, 3.63) is 24.3 Å². The third-order valence-corrected chi connectivity index (χ3v) is 8.68. The highest BCUT2D eigenvalue weighted by molar-refractivity contribution is 5.99. The lowest BCUT2D eigenvalue weighted by atomic mass is 9.74. The Hall–Kier alpha value is -2.27. The third-order valence-electron chi connectivity index (χ3n) is 8.68. The topological polar surface area (TPSA) is 109 Å². The molecule has 0 saturated carbocycles. The fourth-order valence-electron chi connectivity index (χ4n) is 6.78. The molecule has 0 aromatic heterocycles. The van der Waals surface area contributed by atoms with E-state index in [-0.39, 0.29) is 18.4 Å². The smallest absolute Gasteiger partial charge is 0.313 e. The Morgan fingerprint density at radius 3 is 2.55 bits per heavy atom. The number of carbonyl (C=O) groups excluding carboxylic acids is 3. The van der Waals surface area contributed by atoms with Crippen molar-refractivity contribution in [2.75, 3.05) is 65.7 Å². The van der Waals surface area contributed by atoms with Gasteiger partial charge >= 0.3 is 5.97 Å². The molecule has 5 rings (SSSR count). The Balaban J connectivity index is 1.47.